The third-order valence-corrected chi connectivity index (χ3v) is 3.62. The topological polar surface area (TPSA) is 70.5 Å². The Morgan fingerprint density at radius 3 is 2.13 bits per heavy atom. The van der Waals surface area contributed by atoms with Gasteiger partial charge in [-0.05, 0) is 42.2 Å². The van der Waals surface area contributed by atoms with Gasteiger partial charge in [0.25, 0.3) is 0 Å². The first-order chi connectivity index (χ1) is 11.0. The maximum atomic E-state index is 11.1. The van der Waals surface area contributed by atoms with Crippen LogP contribution in [0.3, 0.4) is 0 Å². The molecule has 1 heterocycles. The zero-order valence-corrected chi connectivity index (χ0v) is 13.3. The smallest absolute Gasteiger partial charge is 0.372 e. The number of pyridine rings is 1. The number of aryl methyl sites for hydroxylation is 2. The highest BCUT2D eigenvalue weighted by atomic mass is 16.4. The molecule has 1 aromatic carbocycles. The molecule has 0 radical (unpaired) electrons. The fraction of sp³-hybridized carbons (Fsp3) is 0.278. The number of nitrogens with zero attached hydrogens (tertiary/aromatic N) is 2. The highest BCUT2D eigenvalue weighted by Gasteiger charge is 2.12. The van der Waals surface area contributed by atoms with Crippen molar-refractivity contribution in [2.45, 2.75) is 19.3 Å². The molecule has 1 aromatic heterocycles. The lowest BCUT2D eigenvalue weighted by Gasteiger charge is -2.12. The van der Waals surface area contributed by atoms with Crippen LogP contribution in [-0.2, 0) is 28.9 Å². The second-order valence-electron chi connectivity index (χ2n) is 5.62. The van der Waals surface area contributed by atoms with E-state index in [9.17, 15) is 9.59 Å². The summed E-state index contributed by atoms with van der Waals surface area (Å²) in [5, 5.41) is 8.58. The molecule has 0 fully saturated rings. The van der Waals surface area contributed by atoms with E-state index in [-0.39, 0.29) is 6.42 Å². The van der Waals surface area contributed by atoms with Gasteiger partial charge in [0.1, 0.15) is 0 Å². The molecule has 0 aliphatic heterocycles. The van der Waals surface area contributed by atoms with Crippen LogP contribution in [0.1, 0.15) is 16.8 Å². The van der Waals surface area contributed by atoms with Crippen molar-refractivity contribution in [2.75, 3.05) is 19.0 Å². The molecule has 0 saturated heterocycles. The summed E-state index contributed by atoms with van der Waals surface area (Å²) in [7, 11) is 4.02. The van der Waals surface area contributed by atoms with Gasteiger partial charge in [0, 0.05) is 31.7 Å². The second kappa shape index (κ2) is 7.54. The number of carbonyl (C=O) groups is 2. The Labute approximate surface area is 135 Å². The highest BCUT2D eigenvalue weighted by Crippen LogP contribution is 2.14. The van der Waals surface area contributed by atoms with Gasteiger partial charge in [-0.1, -0.05) is 18.2 Å². The van der Waals surface area contributed by atoms with Gasteiger partial charge in [0.15, 0.2) is 0 Å². The average Bonchev–Trinajstić information content (AvgIpc) is 2.54. The number of aliphatic carboxylic acids is 1. The summed E-state index contributed by atoms with van der Waals surface area (Å²) in [4.78, 5) is 27.9. The lowest BCUT2D eigenvalue weighted by Crippen LogP contribution is -2.15. The molecular weight excluding hydrogens is 292 g/mol. The number of hydrogen-bond donors (Lipinski definition) is 1. The van der Waals surface area contributed by atoms with E-state index in [1.54, 1.807) is 12.3 Å². The third-order valence-electron chi connectivity index (χ3n) is 3.62. The normalized spacial score (nSPS) is 10.3. The van der Waals surface area contributed by atoms with Gasteiger partial charge in [-0.3, -0.25) is 9.78 Å². The van der Waals surface area contributed by atoms with Crippen LogP contribution < -0.4 is 4.90 Å². The van der Waals surface area contributed by atoms with Gasteiger partial charge >= 0.3 is 5.97 Å². The lowest BCUT2D eigenvalue weighted by molar-refractivity contribution is -0.148. The number of anilines is 1. The predicted molar refractivity (Wildman–Crippen MR) is 88.8 cm³/mol. The molecule has 2 rings (SSSR count). The Kier molecular flexibility index (Phi) is 5.46. The van der Waals surface area contributed by atoms with E-state index in [2.05, 4.69) is 34.1 Å². The zero-order valence-electron chi connectivity index (χ0n) is 13.3. The van der Waals surface area contributed by atoms with Gasteiger partial charge < -0.3 is 10.0 Å². The number of aromatic nitrogens is 1. The molecule has 5 nitrogen and oxygen atoms in total. The van der Waals surface area contributed by atoms with Crippen LogP contribution in [0.25, 0.3) is 0 Å². The third kappa shape index (κ3) is 4.92. The van der Waals surface area contributed by atoms with Crippen molar-refractivity contribution < 1.29 is 14.7 Å². The summed E-state index contributed by atoms with van der Waals surface area (Å²) in [6.07, 6.45) is 3.30. The summed E-state index contributed by atoms with van der Waals surface area (Å²) in [6, 6.07) is 12.0. The first kappa shape index (κ1) is 16.7. The van der Waals surface area contributed by atoms with Crippen molar-refractivity contribution >= 4 is 17.4 Å². The van der Waals surface area contributed by atoms with Crippen LogP contribution in [0.2, 0.25) is 0 Å². The number of carbonyl (C=O) groups excluding carboxylic acids is 1. The minimum absolute atomic E-state index is 0.165. The van der Waals surface area contributed by atoms with Crippen LogP contribution in [0.4, 0.5) is 5.69 Å². The Bertz CT molecular complexity index is 676. The van der Waals surface area contributed by atoms with Gasteiger partial charge in [-0.15, -0.1) is 0 Å². The SMILES string of the molecule is CN(C)c1ccc(CCc2ccc(CC(=O)C(=O)O)nc2)cc1. The fourth-order valence-corrected chi connectivity index (χ4v) is 2.20. The minimum Gasteiger partial charge on any atom is -0.475 e. The molecular formula is C18H20N2O3. The maximum absolute atomic E-state index is 11.1. The molecule has 120 valence electrons. The van der Waals surface area contributed by atoms with E-state index >= 15 is 0 Å². The summed E-state index contributed by atoms with van der Waals surface area (Å²) in [5.74, 6) is -2.26. The number of carboxylic acid groups (broad SMARTS) is 1. The quantitative estimate of drug-likeness (QED) is 0.793. The maximum Gasteiger partial charge on any atom is 0.372 e. The highest BCUT2D eigenvalue weighted by molar-refractivity contribution is 6.33. The van der Waals surface area contributed by atoms with Gasteiger partial charge in [0.05, 0.1) is 6.42 Å². The van der Waals surface area contributed by atoms with Crippen molar-refractivity contribution in [1.82, 2.24) is 4.98 Å². The first-order valence-corrected chi connectivity index (χ1v) is 7.42. The van der Waals surface area contributed by atoms with Crippen molar-refractivity contribution in [2.24, 2.45) is 0 Å². The van der Waals surface area contributed by atoms with Gasteiger partial charge in [0.2, 0.25) is 5.78 Å². The fourth-order valence-electron chi connectivity index (χ4n) is 2.20. The van der Waals surface area contributed by atoms with Crippen LogP contribution in [0.15, 0.2) is 42.6 Å². The summed E-state index contributed by atoms with van der Waals surface area (Å²) < 4.78 is 0. The Morgan fingerprint density at radius 1 is 1.00 bits per heavy atom. The van der Waals surface area contributed by atoms with Crippen LogP contribution >= 0.6 is 0 Å². The summed E-state index contributed by atoms with van der Waals surface area (Å²) in [5.41, 5.74) is 3.97. The van der Waals surface area contributed by atoms with E-state index < -0.39 is 11.8 Å². The average molecular weight is 312 g/mol. The molecule has 0 aliphatic rings. The lowest BCUT2D eigenvalue weighted by atomic mass is 10.0. The monoisotopic (exact) mass is 312 g/mol. The number of benzene rings is 1. The van der Waals surface area contributed by atoms with E-state index in [1.807, 2.05) is 20.2 Å². The molecule has 0 unspecified atom stereocenters. The molecule has 1 N–H and O–H groups in total. The molecule has 0 saturated carbocycles. The zero-order chi connectivity index (χ0) is 16.8. The standard InChI is InChI=1S/C18H20N2O3/c1-20(2)16-9-6-13(7-10-16)3-4-14-5-8-15(19-12-14)11-17(21)18(22)23/h5-10,12H,3-4,11H2,1-2H3,(H,22,23). The Hall–Kier alpha value is -2.69. The molecule has 0 spiro atoms. The molecule has 0 aliphatic carbocycles. The minimum atomic E-state index is -1.42. The van der Waals surface area contributed by atoms with Crippen molar-refractivity contribution in [1.29, 1.82) is 0 Å². The second-order valence-corrected chi connectivity index (χ2v) is 5.62. The van der Waals surface area contributed by atoms with Crippen LogP contribution in [0, 0.1) is 0 Å². The molecule has 0 atom stereocenters. The van der Waals surface area contributed by atoms with Crippen molar-refractivity contribution in [3.63, 3.8) is 0 Å². The van der Waals surface area contributed by atoms with Crippen molar-refractivity contribution in [3.05, 3.63) is 59.4 Å². The van der Waals surface area contributed by atoms with E-state index in [4.69, 9.17) is 5.11 Å². The number of carboxylic acids is 1. The largest absolute Gasteiger partial charge is 0.475 e. The van der Waals surface area contributed by atoms with Crippen LogP contribution in [0.5, 0.6) is 0 Å². The molecule has 23 heavy (non-hydrogen) atoms. The van der Waals surface area contributed by atoms with Gasteiger partial charge in [-0.25, -0.2) is 4.79 Å². The summed E-state index contributed by atoms with van der Waals surface area (Å²) in [6.45, 7) is 0. The van der Waals surface area contributed by atoms with E-state index in [0.717, 1.165) is 18.4 Å². The van der Waals surface area contributed by atoms with Crippen LogP contribution in [-0.4, -0.2) is 35.9 Å². The molecule has 0 bridgehead atoms. The van der Waals surface area contributed by atoms with Gasteiger partial charge in [-0.2, -0.15) is 0 Å². The van der Waals surface area contributed by atoms with E-state index in [0.29, 0.717) is 5.69 Å². The Balaban J connectivity index is 1.91. The first-order valence-electron chi connectivity index (χ1n) is 7.42. The van der Waals surface area contributed by atoms with E-state index in [1.165, 1.54) is 11.3 Å². The predicted octanol–water partition coefficient (Wildman–Crippen LogP) is 2.13. The number of ketones is 1. The molecule has 0 amide bonds. The Morgan fingerprint density at radius 2 is 1.61 bits per heavy atom. The molecule has 5 heteroatoms. The number of Topliss-reactive ketones (excluding diaryl/α,β-unsaturated/α-hetero) is 1. The summed E-state index contributed by atoms with van der Waals surface area (Å²) >= 11 is 0. The number of rotatable bonds is 7. The number of hydrogen-bond acceptors (Lipinski definition) is 4. The van der Waals surface area contributed by atoms with Crippen molar-refractivity contribution in [3.8, 4) is 0 Å². The molecule has 2 aromatic rings.